The predicted octanol–water partition coefficient (Wildman–Crippen LogP) is 2.17. The topological polar surface area (TPSA) is 43.8 Å². The molecular formula is C15H21N3. The second-order valence-corrected chi connectivity index (χ2v) is 4.78. The molecule has 1 unspecified atom stereocenters. The predicted molar refractivity (Wildman–Crippen MR) is 74.2 cm³/mol. The Morgan fingerprint density at radius 2 is 2.06 bits per heavy atom. The highest BCUT2D eigenvalue weighted by molar-refractivity contribution is 5.15. The lowest BCUT2D eigenvalue weighted by molar-refractivity contribution is 0.484. The molecule has 0 aliphatic carbocycles. The third-order valence-electron chi connectivity index (χ3n) is 3.40. The highest BCUT2D eigenvalue weighted by Crippen LogP contribution is 2.13. The Hall–Kier alpha value is -1.61. The Labute approximate surface area is 109 Å². The van der Waals surface area contributed by atoms with Crippen LogP contribution in [0.5, 0.6) is 0 Å². The van der Waals surface area contributed by atoms with Gasteiger partial charge in [-0.25, -0.2) is 4.98 Å². The van der Waals surface area contributed by atoms with Gasteiger partial charge in [-0.2, -0.15) is 0 Å². The highest BCUT2D eigenvalue weighted by atomic mass is 15.0. The number of nitrogens with two attached hydrogens (primary N) is 1. The smallest absolute Gasteiger partial charge is 0.108 e. The van der Waals surface area contributed by atoms with Crippen molar-refractivity contribution in [2.75, 3.05) is 6.54 Å². The largest absolute Gasteiger partial charge is 0.338 e. The molecule has 2 aromatic rings. The Kier molecular flexibility index (Phi) is 4.53. The van der Waals surface area contributed by atoms with Gasteiger partial charge in [0.25, 0.3) is 0 Å². The first kappa shape index (κ1) is 12.8. The lowest BCUT2D eigenvalue weighted by Gasteiger charge is -2.14. The number of hydrogen-bond donors (Lipinski definition) is 1. The molecule has 0 aliphatic heterocycles. The van der Waals surface area contributed by atoms with Gasteiger partial charge in [-0.05, 0) is 30.9 Å². The van der Waals surface area contributed by atoms with Crippen molar-refractivity contribution >= 4 is 0 Å². The molecule has 0 amide bonds. The van der Waals surface area contributed by atoms with Crippen LogP contribution in [-0.4, -0.2) is 16.1 Å². The first-order valence-electron chi connectivity index (χ1n) is 6.49. The Balaban J connectivity index is 1.88. The van der Waals surface area contributed by atoms with Crippen LogP contribution in [0, 0.1) is 5.92 Å². The van der Waals surface area contributed by atoms with Crippen LogP contribution < -0.4 is 5.73 Å². The lowest BCUT2D eigenvalue weighted by atomic mass is 9.95. The summed E-state index contributed by atoms with van der Waals surface area (Å²) in [7, 11) is 2.04. The van der Waals surface area contributed by atoms with E-state index in [2.05, 4.69) is 39.9 Å². The molecular weight excluding hydrogens is 222 g/mol. The highest BCUT2D eigenvalue weighted by Gasteiger charge is 2.09. The Morgan fingerprint density at radius 1 is 1.28 bits per heavy atom. The van der Waals surface area contributed by atoms with E-state index in [1.807, 2.05) is 19.4 Å². The number of hydrogen-bond acceptors (Lipinski definition) is 2. The van der Waals surface area contributed by atoms with Crippen LogP contribution in [0.4, 0.5) is 0 Å². The van der Waals surface area contributed by atoms with Crippen LogP contribution >= 0.6 is 0 Å². The van der Waals surface area contributed by atoms with Gasteiger partial charge in [0.1, 0.15) is 5.82 Å². The minimum absolute atomic E-state index is 0.532. The van der Waals surface area contributed by atoms with E-state index in [0.29, 0.717) is 5.92 Å². The van der Waals surface area contributed by atoms with Gasteiger partial charge in [-0.1, -0.05) is 30.3 Å². The molecule has 3 heteroatoms. The molecule has 1 heterocycles. The third kappa shape index (κ3) is 3.44. The van der Waals surface area contributed by atoms with Crippen molar-refractivity contribution in [3.8, 4) is 0 Å². The number of aromatic nitrogens is 2. The van der Waals surface area contributed by atoms with E-state index >= 15 is 0 Å². The van der Waals surface area contributed by atoms with Crippen LogP contribution in [-0.2, 0) is 19.9 Å². The molecule has 0 fully saturated rings. The van der Waals surface area contributed by atoms with E-state index in [9.17, 15) is 0 Å². The first-order chi connectivity index (χ1) is 8.79. The second-order valence-electron chi connectivity index (χ2n) is 4.78. The quantitative estimate of drug-likeness (QED) is 0.845. The molecule has 0 saturated heterocycles. The van der Waals surface area contributed by atoms with E-state index in [1.165, 1.54) is 5.56 Å². The van der Waals surface area contributed by atoms with Gasteiger partial charge < -0.3 is 10.3 Å². The van der Waals surface area contributed by atoms with Gasteiger partial charge in [0.2, 0.25) is 0 Å². The van der Waals surface area contributed by atoms with Crippen LogP contribution in [0.3, 0.4) is 0 Å². The van der Waals surface area contributed by atoms with Crippen molar-refractivity contribution in [3.05, 3.63) is 54.1 Å². The molecule has 1 aromatic carbocycles. The molecule has 0 saturated carbocycles. The SMILES string of the molecule is Cn1ccnc1CCC(CN)Cc1ccccc1. The van der Waals surface area contributed by atoms with E-state index < -0.39 is 0 Å². The molecule has 0 radical (unpaired) electrons. The normalized spacial score (nSPS) is 12.6. The zero-order valence-corrected chi connectivity index (χ0v) is 10.9. The molecule has 2 rings (SSSR count). The van der Waals surface area contributed by atoms with Crippen LogP contribution in [0.15, 0.2) is 42.7 Å². The fraction of sp³-hybridized carbons (Fsp3) is 0.400. The standard InChI is InChI=1S/C15H21N3/c1-18-10-9-17-15(18)8-7-14(12-16)11-13-5-3-2-4-6-13/h2-6,9-10,14H,7-8,11-12,16H2,1H3. The Bertz CT molecular complexity index is 462. The van der Waals surface area contributed by atoms with Crippen LogP contribution in [0.1, 0.15) is 17.8 Å². The first-order valence-corrected chi connectivity index (χ1v) is 6.49. The molecule has 18 heavy (non-hydrogen) atoms. The maximum Gasteiger partial charge on any atom is 0.108 e. The van der Waals surface area contributed by atoms with Gasteiger partial charge >= 0.3 is 0 Å². The van der Waals surface area contributed by atoms with Crippen molar-refractivity contribution in [3.63, 3.8) is 0 Å². The van der Waals surface area contributed by atoms with Gasteiger partial charge in [-0.3, -0.25) is 0 Å². The van der Waals surface area contributed by atoms with Crippen LogP contribution in [0.25, 0.3) is 0 Å². The second kappa shape index (κ2) is 6.36. The average Bonchev–Trinajstić information content (AvgIpc) is 2.81. The van der Waals surface area contributed by atoms with Crippen molar-refractivity contribution in [1.29, 1.82) is 0 Å². The van der Waals surface area contributed by atoms with E-state index in [4.69, 9.17) is 5.73 Å². The van der Waals surface area contributed by atoms with E-state index in [1.54, 1.807) is 0 Å². The average molecular weight is 243 g/mol. The minimum atomic E-state index is 0.532. The van der Waals surface area contributed by atoms with E-state index in [0.717, 1.165) is 31.6 Å². The molecule has 0 aliphatic rings. The summed E-state index contributed by atoms with van der Waals surface area (Å²) >= 11 is 0. The van der Waals surface area contributed by atoms with Crippen molar-refractivity contribution in [2.45, 2.75) is 19.3 Å². The molecule has 2 N–H and O–H groups in total. The summed E-state index contributed by atoms with van der Waals surface area (Å²) in [4.78, 5) is 4.35. The maximum absolute atomic E-state index is 5.87. The van der Waals surface area contributed by atoms with Gasteiger partial charge in [0, 0.05) is 25.9 Å². The monoisotopic (exact) mass is 243 g/mol. The van der Waals surface area contributed by atoms with Gasteiger partial charge in [0.05, 0.1) is 0 Å². The third-order valence-corrected chi connectivity index (χ3v) is 3.40. The summed E-state index contributed by atoms with van der Waals surface area (Å²) in [6, 6.07) is 10.6. The minimum Gasteiger partial charge on any atom is -0.338 e. The van der Waals surface area contributed by atoms with Crippen molar-refractivity contribution in [2.24, 2.45) is 18.7 Å². The van der Waals surface area contributed by atoms with E-state index in [-0.39, 0.29) is 0 Å². The van der Waals surface area contributed by atoms with Crippen molar-refractivity contribution < 1.29 is 0 Å². The molecule has 0 bridgehead atoms. The number of aryl methyl sites for hydroxylation is 2. The lowest BCUT2D eigenvalue weighted by Crippen LogP contribution is -2.18. The summed E-state index contributed by atoms with van der Waals surface area (Å²) in [5.41, 5.74) is 7.24. The zero-order chi connectivity index (χ0) is 12.8. The zero-order valence-electron chi connectivity index (χ0n) is 10.9. The fourth-order valence-electron chi connectivity index (χ4n) is 2.22. The maximum atomic E-state index is 5.87. The molecule has 96 valence electrons. The molecule has 3 nitrogen and oxygen atoms in total. The summed E-state index contributed by atoms with van der Waals surface area (Å²) in [5, 5.41) is 0. The van der Waals surface area contributed by atoms with Crippen molar-refractivity contribution in [1.82, 2.24) is 9.55 Å². The summed E-state index contributed by atoms with van der Waals surface area (Å²) in [6.07, 6.45) is 6.99. The molecule has 1 atom stereocenters. The number of rotatable bonds is 6. The molecule has 0 spiro atoms. The summed E-state index contributed by atoms with van der Waals surface area (Å²) < 4.78 is 2.08. The number of benzene rings is 1. The summed E-state index contributed by atoms with van der Waals surface area (Å²) in [6.45, 7) is 0.735. The van der Waals surface area contributed by atoms with Gasteiger partial charge in [-0.15, -0.1) is 0 Å². The number of imidazole rings is 1. The fourth-order valence-corrected chi connectivity index (χ4v) is 2.22. The molecule has 1 aromatic heterocycles. The van der Waals surface area contributed by atoms with Gasteiger partial charge in [0.15, 0.2) is 0 Å². The number of nitrogens with zero attached hydrogens (tertiary/aromatic N) is 2. The van der Waals surface area contributed by atoms with Crippen LogP contribution in [0.2, 0.25) is 0 Å². The Morgan fingerprint density at radius 3 is 2.67 bits per heavy atom. The summed E-state index contributed by atoms with van der Waals surface area (Å²) in [5.74, 6) is 1.67.